The minimum absolute atomic E-state index is 0.137. The van der Waals surface area contributed by atoms with Crippen LogP contribution in [-0.4, -0.2) is 12.6 Å². The molecule has 2 heteroatoms. The molecule has 0 saturated carbocycles. The Morgan fingerprint density at radius 2 is 1.94 bits per heavy atom. The van der Waals surface area contributed by atoms with E-state index in [4.69, 9.17) is 0 Å². The van der Waals surface area contributed by atoms with Crippen LogP contribution in [0.25, 0.3) is 0 Å². The number of hydrogen-bond acceptors (Lipinski definition) is 1. The van der Waals surface area contributed by atoms with E-state index in [1.54, 1.807) is 12.1 Å². The molecule has 2 atom stereocenters. The largest absolute Gasteiger partial charge is 0.313 e. The van der Waals surface area contributed by atoms with E-state index in [0.717, 1.165) is 24.9 Å². The molecule has 0 heterocycles. The normalized spacial score (nSPS) is 14.8. The third-order valence-corrected chi connectivity index (χ3v) is 3.41. The monoisotopic (exact) mass is 251 g/mol. The summed E-state index contributed by atoms with van der Waals surface area (Å²) in [5.41, 5.74) is 1.09. The van der Waals surface area contributed by atoms with E-state index >= 15 is 0 Å². The fourth-order valence-electron chi connectivity index (χ4n) is 2.57. The predicted octanol–water partition coefficient (Wildman–Crippen LogP) is 4.03. The second-order valence-electron chi connectivity index (χ2n) is 5.54. The van der Waals surface area contributed by atoms with Crippen LogP contribution in [0, 0.1) is 17.7 Å². The lowest BCUT2D eigenvalue weighted by Crippen LogP contribution is -2.40. The summed E-state index contributed by atoms with van der Waals surface area (Å²) in [5.74, 6) is 0.973. The Balaban J connectivity index is 2.63. The summed E-state index contributed by atoms with van der Waals surface area (Å²) >= 11 is 0. The molecule has 0 amide bonds. The molecule has 102 valence electrons. The fourth-order valence-corrected chi connectivity index (χ4v) is 2.57. The van der Waals surface area contributed by atoms with Crippen LogP contribution in [-0.2, 0) is 6.42 Å². The van der Waals surface area contributed by atoms with Gasteiger partial charge in [-0.15, -0.1) is 0 Å². The zero-order valence-corrected chi connectivity index (χ0v) is 12.0. The quantitative estimate of drug-likeness (QED) is 0.771. The number of halogens is 1. The van der Waals surface area contributed by atoms with Crippen molar-refractivity contribution in [3.63, 3.8) is 0 Å². The van der Waals surface area contributed by atoms with Crippen LogP contribution in [0.1, 0.15) is 39.7 Å². The van der Waals surface area contributed by atoms with Gasteiger partial charge in [-0.3, -0.25) is 0 Å². The summed E-state index contributed by atoms with van der Waals surface area (Å²) in [5, 5.41) is 3.61. The highest BCUT2D eigenvalue weighted by Crippen LogP contribution is 2.18. The number of rotatable bonds is 7. The summed E-state index contributed by atoms with van der Waals surface area (Å²) < 4.78 is 13.2. The highest BCUT2D eigenvalue weighted by molar-refractivity contribution is 5.17. The van der Waals surface area contributed by atoms with Gasteiger partial charge in [0.2, 0.25) is 0 Å². The third-order valence-electron chi connectivity index (χ3n) is 3.41. The molecule has 0 bridgehead atoms. The maximum absolute atomic E-state index is 13.2. The van der Waals surface area contributed by atoms with E-state index in [9.17, 15) is 4.39 Å². The lowest BCUT2D eigenvalue weighted by Gasteiger charge is -2.29. The van der Waals surface area contributed by atoms with Gasteiger partial charge in [0, 0.05) is 6.04 Å². The first-order valence-electron chi connectivity index (χ1n) is 7.02. The average molecular weight is 251 g/mol. The van der Waals surface area contributed by atoms with E-state index in [-0.39, 0.29) is 5.82 Å². The van der Waals surface area contributed by atoms with Crippen molar-refractivity contribution in [3.05, 3.63) is 35.6 Å². The Kier molecular flexibility index (Phi) is 6.34. The molecule has 0 aliphatic carbocycles. The van der Waals surface area contributed by atoms with Gasteiger partial charge in [-0.1, -0.05) is 39.8 Å². The molecule has 0 aliphatic heterocycles. The summed E-state index contributed by atoms with van der Waals surface area (Å²) in [6.07, 6.45) is 2.08. The Hall–Kier alpha value is -0.890. The second kappa shape index (κ2) is 7.52. The minimum Gasteiger partial charge on any atom is -0.313 e. The van der Waals surface area contributed by atoms with Gasteiger partial charge < -0.3 is 5.32 Å². The molecule has 1 nitrogen and oxygen atoms in total. The van der Waals surface area contributed by atoms with Crippen LogP contribution in [0.3, 0.4) is 0 Å². The van der Waals surface area contributed by atoms with Crippen LogP contribution in [0.4, 0.5) is 4.39 Å². The third kappa shape index (κ3) is 4.77. The Bertz CT molecular complexity index is 349. The van der Waals surface area contributed by atoms with Crippen molar-refractivity contribution in [2.24, 2.45) is 11.8 Å². The molecule has 1 aromatic carbocycles. The predicted molar refractivity (Wildman–Crippen MR) is 76.2 cm³/mol. The zero-order valence-electron chi connectivity index (χ0n) is 12.0. The molecule has 0 aromatic heterocycles. The van der Waals surface area contributed by atoms with Gasteiger partial charge in [0.05, 0.1) is 0 Å². The van der Waals surface area contributed by atoms with Crippen molar-refractivity contribution in [2.45, 2.75) is 46.6 Å². The highest BCUT2D eigenvalue weighted by atomic mass is 19.1. The van der Waals surface area contributed by atoms with E-state index in [1.807, 2.05) is 6.07 Å². The summed E-state index contributed by atoms with van der Waals surface area (Å²) in [7, 11) is 0. The van der Waals surface area contributed by atoms with Gasteiger partial charge >= 0.3 is 0 Å². The van der Waals surface area contributed by atoms with Crippen molar-refractivity contribution in [1.82, 2.24) is 5.32 Å². The lowest BCUT2D eigenvalue weighted by molar-refractivity contribution is 0.297. The van der Waals surface area contributed by atoms with Gasteiger partial charge in [0.25, 0.3) is 0 Å². The van der Waals surface area contributed by atoms with E-state index in [2.05, 4.69) is 33.0 Å². The Labute approximate surface area is 111 Å². The molecule has 0 aliphatic rings. The van der Waals surface area contributed by atoms with Crippen LogP contribution in [0.2, 0.25) is 0 Å². The minimum atomic E-state index is -0.137. The maximum atomic E-state index is 13.2. The Morgan fingerprint density at radius 1 is 1.22 bits per heavy atom. The Morgan fingerprint density at radius 3 is 2.50 bits per heavy atom. The van der Waals surface area contributed by atoms with E-state index < -0.39 is 0 Å². The lowest BCUT2D eigenvalue weighted by atomic mass is 9.87. The van der Waals surface area contributed by atoms with Crippen molar-refractivity contribution in [1.29, 1.82) is 0 Å². The van der Waals surface area contributed by atoms with Gasteiger partial charge in [0.15, 0.2) is 0 Å². The van der Waals surface area contributed by atoms with Gasteiger partial charge in [-0.05, 0) is 48.9 Å². The zero-order chi connectivity index (χ0) is 13.5. The van der Waals surface area contributed by atoms with Crippen molar-refractivity contribution >= 4 is 0 Å². The molecule has 18 heavy (non-hydrogen) atoms. The molecule has 0 fully saturated rings. The van der Waals surface area contributed by atoms with Gasteiger partial charge in [-0.2, -0.15) is 0 Å². The molecule has 0 radical (unpaired) electrons. The highest BCUT2D eigenvalue weighted by Gasteiger charge is 2.20. The van der Waals surface area contributed by atoms with Crippen LogP contribution in [0.5, 0.6) is 0 Å². The van der Waals surface area contributed by atoms with Crippen molar-refractivity contribution < 1.29 is 4.39 Å². The SMILES string of the molecule is CCCNC(C(C)C)C(C)Cc1cccc(F)c1. The maximum Gasteiger partial charge on any atom is 0.123 e. The van der Waals surface area contributed by atoms with Gasteiger partial charge in [-0.25, -0.2) is 4.39 Å². The van der Waals surface area contributed by atoms with Crippen LogP contribution < -0.4 is 5.32 Å². The molecule has 2 unspecified atom stereocenters. The summed E-state index contributed by atoms with van der Waals surface area (Å²) in [6, 6.07) is 7.45. The standard InChI is InChI=1S/C16H26FN/c1-5-9-18-16(12(2)3)13(4)10-14-7-6-8-15(17)11-14/h6-8,11-13,16,18H,5,9-10H2,1-4H3. The molecular formula is C16H26FN. The number of benzene rings is 1. The van der Waals surface area contributed by atoms with Crippen molar-refractivity contribution in [3.8, 4) is 0 Å². The molecule has 0 spiro atoms. The number of nitrogens with one attached hydrogen (secondary N) is 1. The van der Waals surface area contributed by atoms with E-state index in [1.165, 1.54) is 6.07 Å². The first-order valence-corrected chi connectivity index (χ1v) is 7.02. The molecule has 1 N–H and O–H groups in total. The fraction of sp³-hybridized carbons (Fsp3) is 0.625. The van der Waals surface area contributed by atoms with Crippen LogP contribution in [0.15, 0.2) is 24.3 Å². The van der Waals surface area contributed by atoms with E-state index in [0.29, 0.717) is 17.9 Å². The van der Waals surface area contributed by atoms with Gasteiger partial charge in [0.1, 0.15) is 5.82 Å². The average Bonchev–Trinajstić information content (AvgIpc) is 2.29. The molecule has 1 aromatic rings. The smallest absolute Gasteiger partial charge is 0.123 e. The first kappa shape index (κ1) is 15.2. The second-order valence-corrected chi connectivity index (χ2v) is 5.54. The summed E-state index contributed by atoms with van der Waals surface area (Å²) in [6.45, 7) is 9.97. The first-order chi connectivity index (χ1) is 8.54. The summed E-state index contributed by atoms with van der Waals surface area (Å²) in [4.78, 5) is 0. The number of hydrogen-bond donors (Lipinski definition) is 1. The molecule has 1 rings (SSSR count). The molecule has 0 saturated heterocycles. The van der Waals surface area contributed by atoms with Crippen LogP contribution >= 0.6 is 0 Å². The van der Waals surface area contributed by atoms with Crippen molar-refractivity contribution in [2.75, 3.05) is 6.54 Å². The molecular weight excluding hydrogens is 225 g/mol. The topological polar surface area (TPSA) is 12.0 Å².